The second-order valence-corrected chi connectivity index (χ2v) is 8.30. The molecule has 4 rings (SSSR count). The number of halogens is 1. The van der Waals surface area contributed by atoms with Crippen LogP contribution in [0.5, 0.6) is 0 Å². The third-order valence-corrected chi connectivity index (χ3v) is 6.98. The molecule has 1 aliphatic rings. The van der Waals surface area contributed by atoms with Gasteiger partial charge in [-0.2, -0.15) is 4.31 Å². The minimum Gasteiger partial charge on any atom is -0.352 e. The molecule has 0 unspecified atom stereocenters. The Balaban J connectivity index is 1.52. The molecule has 0 amide bonds. The first-order valence-electron chi connectivity index (χ1n) is 7.61. The standard InChI is InChI=1S/C14H14BrN7O2S/c15-11-3-1-2-4-12(11)25(23,24)21-9-7-20(8-10-21)14-6-5-13-16-18-19-22(13)17-14/h1-6H,7-10H2. The summed E-state index contributed by atoms with van der Waals surface area (Å²) >= 11 is 3.32. The van der Waals surface area contributed by atoms with Crippen molar-refractivity contribution in [1.82, 2.24) is 29.6 Å². The largest absolute Gasteiger partial charge is 0.352 e. The lowest BCUT2D eigenvalue weighted by molar-refractivity contribution is 0.383. The van der Waals surface area contributed by atoms with E-state index in [-0.39, 0.29) is 4.90 Å². The van der Waals surface area contributed by atoms with Crippen LogP contribution >= 0.6 is 15.9 Å². The monoisotopic (exact) mass is 423 g/mol. The van der Waals surface area contributed by atoms with Crippen molar-refractivity contribution in [2.45, 2.75) is 4.90 Å². The number of nitrogens with zero attached hydrogens (tertiary/aromatic N) is 7. The van der Waals surface area contributed by atoms with Crippen molar-refractivity contribution in [3.8, 4) is 0 Å². The molecule has 0 atom stereocenters. The maximum atomic E-state index is 12.8. The van der Waals surface area contributed by atoms with Crippen molar-refractivity contribution >= 4 is 37.4 Å². The van der Waals surface area contributed by atoms with Crippen LogP contribution in [0.25, 0.3) is 5.65 Å². The summed E-state index contributed by atoms with van der Waals surface area (Å²) in [7, 11) is -3.52. The van der Waals surface area contributed by atoms with E-state index in [9.17, 15) is 8.42 Å². The van der Waals surface area contributed by atoms with Crippen LogP contribution in [0, 0.1) is 0 Å². The summed E-state index contributed by atoms with van der Waals surface area (Å²) in [5, 5.41) is 15.5. The van der Waals surface area contributed by atoms with Gasteiger partial charge in [-0.15, -0.1) is 14.8 Å². The van der Waals surface area contributed by atoms with E-state index in [1.165, 1.54) is 8.94 Å². The molecule has 2 aromatic heterocycles. The first-order chi connectivity index (χ1) is 12.1. The summed E-state index contributed by atoms with van der Waals surface area (Å²) in [4.78, 5) is 2.31. The molecular weight excluding hydrogens is 410 g/mol. The van der Waals surface area contributed by atoms with Gasteiger partial charge in [-0.1, -0.05) is 12.1 Å². The zero-order chi connectivity index (χ0) is 17.4. The Labute approximate surface area is 152 Å². The Bertz CT molecular complexity index is 1010. The number of tetrazole rings is 1. The lowest BCUT2D eigenvalue weighted by atomic mass is 10.3. The van der Waals surface area contributed by atoms with Crippen molar-refractivity contribution < 1.29 is 8.42 Å². The fourth-order valence-corrected chi connectivity index (χ4v) is 5.15. The zero-order valence-corrected chi connectivity index (χ0v) is 15.4. The Morgan fingerprint density at radius 2 is 1.76 bits per heavy atom. The smallest absolute Gasteiger partial charge is 0.244 e. The Morgan fingerprint density at radius 1 is 1.00 bits per heavy atom. The highest BCUT2D eigenvalue weighted by atomic mass is 79.9. The number of piperazine rings is 1. The fourth-order valence-electron chi connectivity index (χ4n) is 2.76. The molecule has 9 nitrogen and oxygen atoms in total. The van der Waals surface area contributed by atoms with Gasteiger partial charge in [-0.25, -0.2) is 8.42 Å². The molecule has 130 valence electrons. The number of benzene rings is 1. The molecular formula is C14H14BrN7O2S. The number of hydrogen-bond acceptors (Lipinski definition) is 7. The molecule has 1 aliphatic heterocycles. The van der Waals surface area contributed by atoms with Gasteiger partial charge in [0.05, 0.1) is 4.90 Å². The number of rotatable bonds is 3. The minimum atomic E-state index is -3.52. The summed E-state index contributed by atoms with van der Waals surface area (Å²) < 4.78 is 29.1. The second kappa shape index (κ2) is 6.32. The van der Waals surface area contributed by atoms with E-state index in [1.807, 2.05) is 11.0 Å². The van der Waals surface area contributed by atoms with E-state index < -0.39 is 10.0 Å². The average Bonchev–Trinajstić information content (AvgIpc) is 3.10. The van der Waals surface area contributed by atoms with Gasteiger partial charge >= 0.3 is 0 Å². The van der Waals surface area contributed by atoms with Crippen LogP contribution in [0.2, 0.25) is 0 Å². The number of hydrogen-bond donors (Lipinski definition) is 0. The van der Waals surface area contributed by atoms with Crippen LogP contribution in [0.3, 0.4) is 0 Å². The van der Waals surface area contributed by atoms with Crippen LogP contribution < -0.4 is 4.90 Å². The number of aromatic nitrogens is 5. The zero-order valence-electron chi connectivity index (χ0n) is 13.0. The molecule has 0 N–H and O–H groups in total. The molecule has 3 aromatic rings. The fraction of sp³-hybridized carbons (Fsp3) is 0.286. The van der Waals surface area contributed by atoms with E-state index in [4.69, 9.17) is 0 Å². The van der Waals surface area contributed by atoms with Crippen LogP contribution in [-0.2, 0) is 10.0 Å². The van der Waals surface area contributed by atoms with Gasteiger partial charge in [0.2, 0.25) is 10.0 Å². The van der Waals surface area contributed by atoms with E-state index in [0.29, 0.717) is 36.3 Å². The molecule has 1 saturated heterocycles. The molecule has 1 fully saturated rings. The highest BCUT2D eigenvalue weighted by Gasteiger charge is 2.30. The summed E-state index contributed by atoms with van der Waals surface area (Å²) in [6, 6.07) is 10.5. The average molecular weight is 424 g/mol. The van der Waals surface area contributed by atoms with Crippen molar-refractivity contribution in [3.63, 3.8) is 0 Å². The van der Waals surface area contributed by atoms with Gasteiger partial charge in [0, 0.05) is 30.7 Å². The number of anilines is 1. The number of sulfonamides is 1. The van der Waals surface area contributed by atoms with Crippen LogP contribution in [0.15, 0.2) is 45.8 Å². The molecule has 0 aliphatic carbocycles. The van der Waals surface area contributed by atoms with Crippen LogP contribution in [0.1, 0.15) is 0 Å². The molecule has 0 spiro atoms. The van der Waals surface area contributed by atoms with Crippen molar-refractivity contribution in [1.29, 1.82) is 0 Å². The third kappa shape index (κ3) is 2.98. The minimum absolute atomic E-state index is 0.289. The van der Waals surface area contributed by atoms with Gasteiger partial charge in [0.15, 0.2) is 11.5 Å². The lowest BCUT2D eigenvalue weighted by Gasteiger charge is -2.34. The van der Waals surface area contributed by atoms with Gasteiger partial charge in [0.1, 0.15) is 0 Å². The molecule has 0 radical (unpaired) electrons. The van der Waals surface area contributed by atoms with Gasteiger partial charge in [0.25, 0.3) is 0 Å². The maximum absolute atomic E-state index is 12.8. The van der Waals surface area contributed by atoms with E-state index in [2.05, 4.69) is 36.6 Å². The van der Waals surface area contributed by atoms with Crippen molar-refractivity contribution in [2.75, 3.05) is 31.1 Å². The molecule has 0 bridgehead atoms. The quantitative estimate of drug-likeness (QED) is 0.614. The predicted octanol–water partition coefficient (Wildman–Crippen LogP) is 0.793. The normalized spacial score (nSPS) is 16.4. The van der Waals surface area contributed by atoms with Crippen LogP contribution in [-0.4, -0.2) is 64.2 Å². The number of fused-ring (bicyclic) bond motifs is 1. The first-order valence-corrected chi connectivity index (χ1v) is 9.84. The summed E-state index contributed by atoms with van der Waals surface area (Å²) in [6.07, 6.45) is 0. The van der Waals surface area contributed by atoms with Gasteiger partial charge in [-0.3, -0.25) is 0 Å². The van der Waals surface area contributed by atoms with Gasteiger partial charge < -0.3 is 4.90 Å². The first kappa shape index (κ1) is 16.4. The van der Waals surface area contributed by atoms with E-state index in [0.717, 1.165) is 5.82 Å². The van der Waals surface area contributed by atoms with Gasteiger partial charge in [-0.05, 0) is 50.6 Å². The van der Waals surface area contributed by atoms with Crippen LogP contribution in [0.4, 0.5) is 5.82 Å². The summed E-state index contributed by atoms with van der Waals surface area (Å²) in [5.41, 5.74) is 0.568. The molecule has 0 saturated carbocycles. The highest BCUT2D eigenvalue weighted by molar-refractivity contribution is 9.10. The Hall–Kier alpha value is -2.11. The molecule has 1 aromatic carbocycles. The van der Waals surface area contributed by atoms with Crippen molar-refractivity contribution in [3.05, 3.63) is 40.9 Å². The topological polar surface area (TPSA) is 96.6 Å². The third-order valence-electron chi connectivity index (χ3n) is 4.07. The maximum Gasteiger partial charge on any atom is 0.244 e. The Morgan fingerprint density at radius 3 is 2.52 bits per heavy atom. The summed E-state index contributed by atoms with van der Waals surface area (Å²) in [6.45, 7) is 1.87. The highest BCUT2D eigenvalue weighted by Crippen LogP contribution is 2.26. The predicted molar refractivity (Wildman–Crippen MR) is 93.7 cm³/mol. The lowest BCUT2D eigenvalue weighted by Crippen LogP contribution is -2.49. The molecule has 11 heteroatoms. The Kier molecular flexibility index (Phi) is 4.13. The summed E-state index contributed by atoms with van der Waals surface area (Å²) in [5.74, 6) is 0.720. The van der Waals surface area contributed by atoms with E-state index in [1.54, 1.807) is 30.3 Å². The molecule has 25 heavy (non-hydrogen) atoms. The SMILES string of the molecule is O=S(=O)(c1ccccc1Br)N1CCN(c2ccc3nnnn3n2)CC1. The van der Waals surface area contributed by atoms with E-state index >= 15 is 0 Å². The second-order valence-electron chi connectivity index (χ2n) is 5.54. The molecule has 3 heterocycles. The van der Waals surface area contributed by atoms with Crippen molar-refractivity contribution in [2.24, 2.45) is 0 Å².